The van der Waals surface area contributed by atoms with Crippen molar-refractivity contribution in [1.82, 2.24) is 19.8 Å². The summed E-state index contributed by atoms with van der Waals surface area (Å²) in [5.41, 5.74) is 0.505. The number of hydrogen-bond acceptors (Lipinski definition) is 4. The van der Waals surface area contributed by atoms with Gasteiger partial charge in [-0.25, -0.2) is 4.98 Å². The van der Waals surface area contributed by atoms with E-state index < -0.39 is 0 Å². The van der Waals surface area contributed by atoms with Crippen molar-refractivity contribution in [2.24, 2.45) is 0 Å². The number of nitrogens with zero attached hydrogens (tertiary/aromatic N) is 3. The molecule has 7 nitrogen and oxygen atoms in total. The Bertz CT molecular complexity index is 727. The predicted octanol–water partition coefficient (Wildman–Crippen LogP) is 1.69. The molecule has 0 spiro atoms. The fourth-order valence-corrected chi connectivity index (χ4v) is 2.42. The van der Waals surface area contributed by atoms with Gasteiger partial charge in [0.05, 0.1) is 13.7 Å². The van der Waals surface area contributed by atoms with Crippen LogP contribution in [0.2, 0.25) is 0 Å². The molecule has 2 aromatic rings. The Morgan fingerprint density at radius 1 is 1.36 bits per heavy atom. The van der Waals surface area contributed by atoms with Crippen LogP contribution in [-0.4, -0.2) is 47.0 Å². The number of hydrogen-bond donors (Lipinski definition) is 1. The Hall–Kier alpha value is -2.83. The Morgan fingerprint density at radius 2 is 2.16 bits per heavy atom. The number of carbonyl (C=O) groups excluding carboxylic acids is 2. The van der Waals surface area contributed by atoms with Crippen molar-refractivity contribution in [3.8, 4) is 5.75 Å². The highest BCUT2D eigenvalue weighted by atomic mass is 16.5. The van der Waals surface area contributed by atoms with Gasteiger partial charge in [-0.05, 0) is 25.1 Å². The highest BCUT2D eigenvalue weighted by molar-refractivity contribution is 5.94. The molecule has 7 heteroatoms. The van der Waals surface area contributed by atoms with Gasteiger partial charge in [0, 0.05) is 44.5 Å². The minimum Gasteiger partial charge on any atom is -0.497 e. The average molecular weight is 344 g/mol. The molecule has 0 bridgehead atoms. The molecule has 1 N–H and O–H groups in total. The lowest BCUT2D eigenvalue weighted by atomic mass is 10.2. The number of ether oxygens (including phenoxy) is 1. The van der Waals surface area contributed by atoms with Crippen LogP contribution in [0, 0.1) is 0 Å². The van der Waals surface area contributed by atoms with Crippen LogP contribution in [-0.2, 0) is 17.9 Å². The lowest BCUT2D eigenvalue weighted by molar-refractivity contribution is -0.130. The van der Waals surface area contributed by atoms with Crippen LogP contribution in [0.3, 0.4) is 0 Å². The van der Waals surface area contributed by atoms with E-state index in [2.05, 4.69) is 10.3 Å². The van der Waals surface area contributed by atoms with Crippen LogP contribution in [0.15, 0.2) is 36.7 Å². The monoisotopic (exact) mass is 344 g/mol. The smallest absolute Gasteiger partial charge is 0.251 e. The van der Waals surface area contributed by atoms with Gasteiger partial charge in [-0.15, -0.1) is 0 Å². The first-order chi connectivity index (χ1) is 12.0. The fourth-order valence-electron chi connectivity index (χ4n) is 2.42. The van der Waals surface area contributed by atoms with E-state index in [1.807, 2.05) is 17.7 Å². The van der Waals surface area contributed by atoms with Crippen molar-refractivity contribution in [3.05, 3.63) is 48.0 Å². The molecule has 1 heterocycles. The zero-order valence-electron chi connectivity index (χ0n) is 14.9. The van der Waals surface area contributed by atoms with Crippen molar-refractivity contribution in [3.63, 3.8) is 0 Å². The van der Waals surface area contributed by atoms with Gasteiger partial charge in [-0.1, -0.05) is 6.07 Å². The zero-order chi connectivity index (χ0) is 18.2. The molecule has 2 amide bonds. The number of nitrogens with one attached hydrogen (secondary N) is 1. The summed E-state index contributed by atoms with van der Waals surface area (Å²) >= 11 is 0. The van der Waals surface area contributed by atoms with Crippen LogP contribution in [0.4, 0.5) is 0 Å². The number of rotatable bonds is 8. The van der Waals surface area contributed by atoms with Crippen LogP contribution >= 0.6 is 0 Å². The van der Waals surface area contributed by atoms with Gasteiger partial charge in [-0.2, -0.15) is 0 Å². The SMILES string of the molecule is CCn1ccnc1CN(C)C(=O)CCNC(=O)c1cccc(OC)c1. The van der Waals surface area contributed by atoms with Crippen molar-refractivity contribution in [1.29, 1.82) is 0 Å². The van der Waals surface area contributed by atoms with Crippen LogP contribution < -0.4 is 10.1 Å². The maximum atomic E-state index is 12.2. The fraction of sp³-hybridized carbons (Fsp3) is 0.389. The van der Waals surface area contributed by atoms with E-state index in [-0.39, 0.29) is 24.8 Å². The van der Waals surface area contributed by atoms with Gasteiger partial charge in [0.2, 0.25) is 5.91 Å². The Kier molecular flexibility index (Phi) is 6.56. The maximum Gasteiger partial charge on any atom is 0.251 e. The number of imidazole rings is 1. The van der Waals surface area contributed by atoms with Gasteiger partial charge in [0.1, 0.15) is 11.6 Å². The molecule has 0 aliphatic heterocycles. The molecule has 134 valence electrons. The molecule has 0 atom stereocenters. The van der Waals surface area contributed by atoms with E-state index in [1.54, 1.807) is 49.5 Å². The Morgan fingerprint density at radius 3 is 2.88 bits per heavy atom. The highest BCUT2D eigenvalue weighted by Gasteiger charge is 2.13. The van der Waals surface area contributed by atoms with E-state index in [0.29, 0.717) is 17.9 Å². The highest BCUT2D eigenvalue weighted by Crippen LogP contribution is 2.12. The second-order valence-corrected chi connectivity index (χ2v) is 5.62. The molecule has 0 aliphatic rings. The quantitative estimate of drug-likeness (QED) is 0.791. The molecule has 25 heavy (non-hydrogen) atoms. The molecule has 1 aromatic heterocycles. The molecule has 2 rings (SSSR count). The first-order valence-electron chi connectivity index (χ1n) is 8.21. The van der Waals surface area contributed by atoms with E-state index >= 15 is 0 Å². The summed E-state index contributed by atoms with van der Waals surface area (Å²) in [5, 5.41) is 2.75. The minimum atomic E-state index is -0.226. The predicted molar refractivity (Wildman–Crippen MR) is 94.3 cm³/mol. The van der Waals surface area contributed by atoms with Crippen molar-refractivity contribution < 1.29 is 14.3 Å². The number of amides is 2. The number of methoxy groups -OCH3 is 1. The van der Waals surface area contributed by atoms with Crippen LogP contribution in [0.25, 0.3) is 0 Å². The van der Waals surface area contributed by atoms with E-state index in [0.717, 1.165) is 12.4 Å². The average Bonchev–Trinajstić information content (AvgIpc) is 3.08. The molecule has 0 radical (unpaired) electrons. The Labute approximate surface area is 147 Å². The summed E-state index contributed by atoms with van der Waals surface area (Å²) in [7, 11) is 3.29. The molecule has 0 aliphatic carbocycles. The topological polar surface area (TPSA) is 76.5 Å². The summed E-state index contributed by atoms with van der Waals surface area (Å²) in [5.74, 6) is 1.20. The number of carbonyl (C=O) groups is 2. The summed E-state index contributed by atoms with van der Waals surface area (Å²) in [6.45, 7) is 3.57. The first kappa shape index (κ1) is 18.5. The van der Waals surface area contributed by atoms with E-state index in [1.165, 1.54) is 0 Å². The zero-order valence-corrected chi connectivity index (χ0v) is 14.9. The molecular weight excluding hydrogens is 320 g/mol. The van der Waals surface area contributed by atoms with Crippen LogP contribution in [0.1, 0.15) is 29.5 Å². The van der Waals surface area contributed by atoms with E-state index in [9.17, 15) is 9.59 Å². The summed E-state index contributed by atoms with van der Waals surface area (Å²) in [6, 6.07) is 6.89. The molecule has 0 fully saturated rings. The van der Waals surface area contributed by atoms with Gasteiger partial charge in [0.15, 0.2) is 0 Å². The van der Waals surface area contributed by atoms with Gasteiger partial charge in [0.25, 0.3) is 5.91 Å². The van der Waals surface area contributed by atoms with E-state index in [4.69, 9.17) is 4.74 Å². The second kappa shape index (κ2) is 8.86. The Balaban J connectivity index is 1.80. The third-order valence-electron chi connectivity index (χ3n) is 3.90. The third-order valence-corrected chi connectivity index (χ3v) is 3.90. The van der Waals surface area contributed by atoms with Crippen LogP contribution in [0.5, 0.6) is 5.75 Å². The number of benzene rings is 1. The maximum absolute atomic E-state index is 12.2. The summed E-state index contributed by atoms with van der Waals surface area (Å²) in [4.78, 5) is 30.2. The number of aromatic nitrogens is 2. The lowest BCUT2D eigenvalue weighted by Crippen LogP contribution is -2.32. The van der Waals surface area contributed by atoms with Crippen molar-refractivity contribution >= 4 is 11.8 Å². The first-order valence-corrected chi connectivity index (χ1v) is 8.21. The molecule has 1 aromatic carbocycles. The summed E-state index contributed by atoms with van der Waals surface area (Å²) in [6.07, 6.45) is 3.85. The minimum absolute atomic E-state index is 0.0448. The van der Waals surface area contributed by atoms with Gasteiger partial charge in [-0.3, -0.25) is 9.59 Å². The molecule has 0 unspecified atom stereocenters. The van der Waals surface area contributed by atoms with Gasteiger partial charge < -0.3 is 19.5 Å². The van der Waals surface area contributed by atoms with Crippen molar-refractivity contribution in [2.75, 3.05) is 20.7 Å². The number of aryl methyl sites for hydroxylation is 1. The summed E-state index contributed by atoms with van der Waals surface area (Å²) < 4.78 is 7.09. The van der Waals surface area contributed by atoms with Crippen molar-refractivity contribution in [2.45, 2.75) is 26.4 Å². The molecule has 0 saturated carbocycles. The standard InChI is InChI=1S/C18H24N4O3/c1-4-22-11-10-19-16(22)13-21(2)17(23)8-9-20-18(24)14-6-5-7-15(12-14)25-3/h5-7,10-12H,4,8-9,13H2,1-3H3,(H,20,24). The molecule has 0 saturated heterocycles. The lowest BCUT2D eigenvalue weighted by Gasteiger charge is -2.17. The normalized spacial score (nSPS) is 10.4. The third kappa shape index (κ3) is 5.07. The second-order valence-electron chi connectivity index (χ2n) is 5.62. The van der Waals surface area contributed by atoms with Gasteiger partial charge >= 0.3 is 0 Å². The largest absolute Gasteiger partial charge is 0.497 e. The molecular formula is C18H24N4O3.